The molecule has 4 nitrogen and oxygen atoms in total. The topological polar surface area (TPSA) is 40.5 Å². The molecule has 0 amide bonds. The van der Waals surface area contributed by atoms with E-state index in [4.69, 9.17) is 9.47 Å². The lowest BCUT2D eigenvalue weighted by atomic mass is 10.1. The second kappa shape index (κ2) is 10.2. The average Bonchev–Trinajstić information content (AvgIpc) is 3.28. The zero-order chi connectivity index (χ0) is 23.2. The Balaban J connectivity index is 1.77. The lowest BCUT2D eigenvalue weighted by Crippen LogP contribution is -2.07. The van der Waals surface area contributed by atoms with Crippen LogP contribution >= 0.6 is 0 Å². The van der Waals surface area contributed by atoms with E-state index in [1.165, 1.54) is 0 Å². The van der Waals surface area contributed by atoms with E-state index in [9.17, 15) is 4.79 Å². The van der Waals surface area contributed by atoms with Crippen LogP contribution in [0.15, 0.2) is 84.9 Å². The van der Waals surface area contributed by atoms with Crippen LogP contribution in [0, 0.1) is 6.92 Å². The molecule has 0 aliphatic rings. The molecule has 0 fully saturated rings. The molecule has 0 N–H and O–H groups in total. The van der Waals surface area contributed by atoms with E-state index in [0.717, 1.165) is 45.9 Å². The Labute approximate surface area is 195 Å². The first-order chi connectivity index (χ1) is 16.1. The molecule has 0 aliphatic heterocycles. The maximum absolute atomic E-state index is 12.3. The maximum Gasteiger partial charge on any atom is 0.338 e. The Morgan fingerprint density at radius 1 is 0.879 bits per heavy atom. The Hall–Kier alpha value is -3.79. The molecule has 4 aromatic rings. The Morgan fingerprint density at radius 2 is 1.70 bits per heavy atom. The van der Waals surface area contributed by atoms with E-state index in [2.05, 4.69) is 54.8 Å². The van der Waals surface area contributed by atoms with Crippen LogP contribution in [-0.4, -0.2) is 17.1 Å². The van der Waals surface area contributed by atoms with Crippen molar-refractivity contribution >= 4 is 5.97 Å². The number of hydrogen-bond donors (Lipinski definition) is 0. The van der Waals surface area contributed by atoms with Gasteiger partial charge in [0.25, 0.3) is 0 Å². The minimum Gasteiger partial charge on any atom is -0.488 e. The van der Waals surface area contributed by atoms with Crippen LogP contribution in [-0.2, 0) is 17.8 Å². The van der Waals surface area contributed by atoms with Crippen molar-refractivity contribution in [2.45, 2.75) is 33.8 Å². The number of ether oxygens (including phenoxy) is 2. The number of nitrogens with zero attached hydrogens (tertiary/aromatic N) is 1. The first-order valence-corrected chi connectivity index (χ1v) is 11.4. The summed E-state index contributed by atoms with van der Waals surface area (Å²) in [6.07, 6.45) is 0.857. The number of aryl methyl sites for hydroxylation is 2. The fourth-order valence-corrected chi connectivity index (χ4v) is 3.96. The number of hydrogen-bond acceptors (Lipinski definition) is 3. The largest absolute Gasteiger partial charge is 0.488 e. The Bertz CT molecular complexity index is 1240. The van der Waals surface area contributed by atoms with Crippen LogP contribution < -0.4 is 4.74 Å². The van der Waals surface area contributed by atoms with Gasteiger partial charge in [-0.25, -0.2) is 4.79 Å². The third kappa shape index (κ3) is 5.01. The van der Waals surface area contributed by atoms with E-state index >= 15 is 0 Å². The molecular weight excluding hydrogens is 410 g/mol. The minimum absolute atomic E-state index is 0.312. The van der Waals surface area contributed by atoms with Crippen molar-refractivity contribution < 1.29 is 14.3 Å². The predicted octanol–water partition coefficient (Wildman–Crippen LogP) is 6.77. The van der Waals surface area contributed by atoms with Gasteiger partial charge in [0, 0.05) is 16.9 Å². The van der Waals surface area contributed by atoms with Crippen LogP contribution in [0.5, 0.6) is 5.75 Å². The van der Waals surface area contributed by atoms with Crippen molar-refractivity contribution in [1.29, 1.82) is 0 Å². The standard InChI is InChI=1S/C29H29NO3/c1-4-24-15-16-27(30(24)25-13-9-12-23(19-25)29(31)32-5-2)26-18-21(3)14-17-28(26)33-20-22-10-7-6-8-11-22/h6-19H,4-5,20H2,1-3H3. The van der Waals surface area contributed by atoms with Crippen LogP contribution in [0.4, 0.5) is 0 Å². The summed E-state index contributed by atoms with van der Waals surface area (Å²) in [7, 11) is 0. The van der Waals surface area contributed by atoms with Gasteiger partial charge in [0.1, 0.15) is 12.4 Å². The van der Waals surface area contributed by atoms with Gasteiger partial charge in [-0.2, -0.15) is 0 Å². The van der Waals surface area contributed by atoms with Crippen molar-refractivity contribution in [3.8, 4) is 22.7 Å². The van der Waals surface area contributed by atoms with E-state index in [1.807, 2.05) is 49.4 Å². The van der Waals surface area contributed by atoms with E-state index in [1.54, 1.807) is 6.07 Å². The Morgan fingerprint density at radius 3 is 2.45 bits per heavy atom. The molecule has 0 atom stereocenters. The highest BCUT2D eigenvalue weighted by Gasteiger charge is 2.17. The average molecular weight is 440 g/mol. The van der Waals surface area contributed by atoms with Crippen LogP contribution in [0.1, 0.15) is 41.0 Å². The summed E-state index contributed by atoms with van der Waals surface area (Å²) in [6, 6.07) is 28.3. The van der Waals surface area contributed by atoms with Gasteiger partial charge in [0.2, 0.25) is 0 Å². The summed E-state index contributed by atoms with van der Waals surface area (Å²) in [5, 5.41) is 0. The fraction of sp³-hybridized carbons (Fsp3) is 0.207. The van der Waals surface area contributed by atoms with Gasteiger partial charge in [0.05, 0.1) is 17.9 Å². The molecule has 0 bridgehead atoms. The normalized spacial score (nSPS) is 10.8. The van der Waals surface area contributed by atoms with E-state index in [0.29, 0.717) is 18.8 Å². The summed E-state index contributed by atoms with van der Waals surface area (Å²) in [5.74, 6) is 0.515. The van der Waals surface area contributed by atoms with E-state index in [-0.39, 0.29) is 5.97 Å². The second-order valence-corrected chi connectivity index (χ2v) is 7.94. The van der Waals surface area contributed by atoms with Crippen molar-refractivity contribution in [3.05, 3.63) is 107 Å². The van der Waals surface area contributed by atoms with Gasteiger partial charge in [0.15, 0.2) is 0 Å². The smallest absolute Gasteiger partial charge is 0.338 e. The van der Waals surface area contributed by atoms with Gasteiger partial charge in [-0.15, -0.1) is 0 Å². The molecule has 168 valence electrons. The highest BCUT2D eigenvalue weighted by atomic mass is 16.5. The minimum atomic E-state index is -0.312. The van der Waals surface area contributed by atoms with Crippen LogP contribution in [0.25, 0.3) is 16.9 Å². The predicted molar refractivity (Wildman–Crippen MR) is 132 cm³/mol. The lowest BCUT2D eigenvalue weighted by Gasteiger charge is -2.17. The second-order valence-electron chi connectivity index (χ2n) is 7.94. The molecule has 3 aromatic carbocycles. The third-order valence-corrected chi connectivity index (χ3v) is 5.59. The molecule has 33 heavy (non-hydrogen) atoms. The number of benzene rings is 3. The maximum atomic E-state index is 12.3. The third-order valence-electron chi connectivity index (χ3n) is 5.59. The van der Waals surface area contributed by atoms with Crippen molar-refractivity contribution in [2.75, 3.05) is 6.61 Å². The number of carbonyl (C=O) groups excluding carboxylic acids is 1. The molecule has 1 heterocycles. The quantitative estimate of drug-likeness (QED) is 0.284. The van der Waals surface area contributed by atoms with Gasteiger partial charge in [-0.05, 0) is 68.3 Å². The summed E-state index contributed by atoms with van der Waals surface area (Å²) in [5.41, 5.74) is 6.95. The van der Waals surface area contributed by atoms with Gasteiger partial charge in [-0.3, -0.25) is 0 Å². The van der Waals surface area contributed by atoms with Gasteiger partial charge >= 0.3 is 5.97 Å². The number of rotatable bonds is 8. The molecule has 0 saturated carbocycles. The fourth-order valence-electron chi connectivity index (χ4n) is 3.96. The Kier molecular flexibility index (Phi) is 6.94. The summed E-state index contributed by atoms with van der Waals surface area (Å²) < 4.78 is 13.7. The molecule has 0 saturated heterocycles. The van der Waals surface area contributed by atoms with Crippen LogP contribution in [0.3, 0.4) is 0 Å². The zero-order valence-corrected chi connectivity index (χ0v) is 19.4. The van der Waals surface area contributed by atoms with Crippen molar-refractivity contribution in [2.24, 2.45) is 0 Å². The molecule has 0 spiro atoms. The highest BCUT2D eigenvalue weighted by Crippen LogP contribution is 2.35. The number of esters is 1. The summed E-state index contributed by atoms with van der Waals surface area (Å²) >= 11 is 0. The molecule has 4 heteroatoms. The molecule has 1 aromatic heterocycles. The zero-order valence-electron chi connectivity index (χ0n) is 19.4. The van der Waals surface area contributed by atoms with Crippen molar-refractivity contribution in [1.82, 2.24) is 4.57 Å². The SMILES string of the molecule is CCOC(=O)c1cccc(-n2c(CC)ccc2-c2cc(C)ccc2OCc2ccccc2)c1. The molecule has 4 rings (SSSR count). The van der Waals surface area contributed by atoms with Gasteiger partial charge < -0.3 is 14.0 Å². The summed E-state index contributed by atoms with van der Waals surface area (Å²) in [4.78, 5) is 12.3. The molecule has 0 radical (unpaired) electrons. The number of carbonyl (C=O) groups is 1. The molecule has 0 unspecified atom stereocenters. The van der Waals surface area contributed by atoms with Gasteiger partial charge in [-0.1, -0.05) is 55.0 Å². The van der Waals surface area contributed by atoms with E-state index < -0.39 is 0 Å². The molecule has 0 aliphatic carbocycles. The first-order valence-electron chi connectivity index (χ1n) is 11.4. The summed E-state index contributed by atoms with van der Waals surface area (Å²) in [6.45, 7) is 6.88. The highest BCUT2D eigenvalue weighted by molar-refractivity contribution is 5.90. The first kappa shape index (κ1) is 22.4. The lowest BCUT2D eigenvalue weighted by molar-refractivity contribution is 0.0526. The number of aromatic nitrogens is 1. The monoisotopic (exact) mass is 439 g/mol. The van der Waals surface area contributed by atoms with Crippen molar-refractivity contribution in [3.63, 3.8) is 0 Å². The van der Waals surface area contributed by atoms with Crippen LogP contribution in [0.2, 0.25) is 0 Å². The molecular formula is C29H29NO3.